The molecule has 2 aromatic rings. The van der Waals surface area contributed by atoms with Gasteiger partial charge in [-0.2, -0.15) is 0 Å². The number of anilines is 2. The van der Waals surface area contributed by atoms with Crippen molar-refractivity contribution in [1.29, 1.82) is 0 Å². The van der Waals surface area contributed by atoms with Crippen molar-refractivity contribution in [3.05, 3.63) is 38.5 Å². The van der Waals surface area contributed by atoms with Crippen molar-refractivity contribution >= 4 is 34.1 Å². The van der Waals surface area contributed by atoms with Gasteiger partial charge in [0.15, 0.2) is 5.13 Å². The van der Waals surface area contributed by atoms with Crippen LogP contribution in [0.5, 0.6) is 0 Å². The molecule has 0 aliphatic rings. The summed E-state index contributed by atoms with van der Waals surface area (Å²) in [6, 6.07) is 1.15. The third-order valence-corrected chi connectivity index (χ3v) is 3.74. The lowest BCUT2D eigenvalue weighted by atomic mass is 10.3. The first kappa shape index (κ1) is 16.6. The van der Waals surface area contributed by atoms with Gasteiger partial charge in [0.05, 0.1) is 0 Å². The molecule has 0 spiro atoms. The van der Waals surface area contributed by atoms with Crippen LogP contribution < -0.4 is 21.9 Å². The Hall–Kier alpha value is -2.75. The lowest BCUT2D eigenvalue weighted by Gasteiger charge is -2.10. The Morgan fingerprint density at radius 1 is 1.13 bits per heavy atom. The Labute approximate surface area is 134 Å². The van der Waals surface area contributed by atoms with Crippen LogP contribution in [0.25, 0.3) is 0 Å². The number of hydrogen-bond donors (Lipinski definition) is 2. The van der Waals surface area contributed by atoms with Crippen molar-refractivity contribution in [2.24, 2.45) is 14.1 Å². The zero-order valence-corrected chi connectivity index (χ0v) is 13.3. The molecule has 0 radical (unpaired) electrons. The molecule has 2 heterocycles. The van der Waals surface area contributed by atoms with Crippen molar-refractivity contribution in [3.8, 4) is 0 Å². The van der Waals surface area contributed by atoms with Crippen molar-refractivity contribution < 1.29 is 9.59 Å². The molecule has 0 aliphatic carbocycles. The number of nitrogens with zero attached hydrogens (tertiary/aromatic N) is 3. The van der Waals surface area contributed by atoms with E-state index in [4.69, 9.17) is 0 Å². The fourth-order valence-corrected chi connectivity index (χ4v) is 2.30. The maximum atomic E-state index is 11.9. The normalized spacial score (nSPS) is 10.3. The fourth-order valence-electron chi connectivity index (χ4n) is 1.75. The van der Waals surface area contributed by atoms with Gasteiger partial charge < -0.3 is 10.6 Å². The molecule has 0 fully saturated rings. The molecular weight excluding hydrogens is 322 g/mol. The molecule has 2 rings (SSSR count). The average molecular weight is 337 g/mol. The van der Waals surface area contributed by atoms with Crippen LogP contribution in [-0.4, -0.2) is 25.9 Å². The minimum atomic E-state index is -0.547. The zero-order chi connectivity index (χ0) is 17.0. The Morgan fingerprint density at radius 3 is 2.39 bits per heavy atom. The summed E-state index contributed by atoms with van der Waals surface area (Å²) in [5.41, 5.74) is -1.07. The summed E-state index contributed by atoms with van der Waals surface area (Å²) < 4.78 is 2.08. The number of amides is 2. The molecule has 0 aromatic carbocycles. The van der Waals surface area contributed by atoms with Gasteiger partial charge >= 0.3 is 5.69 Å². The molecule has 2 N–H and O–H groups in total. The molecule has 9 nitrogen and oxygen atoms in total. The van der Waals surface area contributed by atoms with E-state index in [0.29, 0.717) is 5.13 Å². The number of hydrogen-bond acceptors (Lipinski definition) is 6. The molecule has 23 heavy (non-hydrogen) atoms. The minimum absolute atomic E-state index is 0.0375. The summed E-state index contributed by atoms with van der Waals surface area (Å²) in [4.78, 5) is 50.7. The van der Waals surface area contributed by atoms with Gasteiger partial charge in [0.1, 0.15) is 5.82 Å². The highest BCUT2D eigenvalue weighted by molar-refractivity contribution is 7.13. The maximum Gasteiger partial charge on any atom is 0.332 e. The lowest BCUT2D eigenvalue weighted by molar-refractivity contribution is -0.121. The van der Waals surface area contributed by atoms with Crippen LogP contribution in [0.2, 0.25) is 0 Å². The van der Waals surface area contributed by atoms with E-state index in [9.17, 15) is 19.2 Å². The van der Waals surface area contributed by atoms with E-state index >= 15 is 0 Å². The van der Waals surface area contributed by atoms with E-state index in [0.717, 1.165) is 15.2 Å². The lowest BCUT2D eigenvalue weighted by Crippen LogP contribution is -2.38. The van der Waals surface area contributed by atoms with E-state index in [-0.39, 0.29) is 24.6 Å². The highest BCUT2D eigenvalue weighted by Gasteiger charge is 2.11. The summed E-state index contributed by atoms with van der Waals surface area (Å²) in [5, 5.41) is 7.19. The molecule has 0 saturated carbocycles. The number of carbonyl (C=O) groups excluding carboxylic acids is 2. The van der Waals surface area contributed by atoms with Crippen molar-refractivity contribution in [2.75, 3.05) is 10.6 Å². The van der Waals surface area contributed by atoms with Crippen LogP contribution in [0, 0.1) is 0 Å². The molecule has 122 valence electrons. The van der Waals surface area contributed by atoms with Crippen molar-refractivity contribution in [2.45, 2.75) is 12.8 Å². The smallest absolute Gasteiger partial charge is 0.312 e. The maximum absolute atomic E-state index is 11.9. The zero-order valence-electron chi connectivity index (χ0n) is 12.5. The van der Waals surface area contributed by atoms with Crippen LogP contribution >= 0.6 is 11.3 Å². The number of nitrogens with one attached hydrogen (secondary N) is 2. The first-order valence-corrected chi connectivity index (χ1v) is 7.52. The third kappa shape index (κ3) is 4.13. The van der Waals surface area contributed by atoms with Gasteiger partial charge in [-0.15, -0.1) is 11.3 Å². The number of aromatic nitrogens is 3. The van der Waals surface area contributed by atoms with Crippen molar-refractivity contribution in [1.82, 2.24) is 14.1 Å². The predicted octanol–water partition coefficient (Wildman–Crippen LogP) is -0.102. The monoisotopic (exact) mass is 337 g/mol. The Morgan fingerprint density at radius 2 is 1.78 bits per heavy atom. The highest BCUT2D eigenvalue weighted by Crippen LogP contribution is 2.11. The Balaban J connectivity index is 1.94. The van der Waals surface area contributed by atoms with Gasteiger partial charge in [-0.3, -0.25) is 23.5 Å². The van der Waals surface area contributed by atoms with Crippen LogP contribution in [0.1, 0.15) is 12.8 Å². The van der Waals surface area contributed by atoms with E-state index in [2.05, 4.69) is 15.6 Å². The minimum Gasteiger partial charge on any atom is -0.312 e. The topological polar surface area (TPSA) is 115 Å². The van der Waals surface area contributed by atoms with Crippen LogP contribution in [0.3, 0.4) is 0 Å². The first-order valence-electron chi connectivity index (χ1n) is 6.64. The second kappa shape index (κ2) is 7.01. The number of carbonyl (C=O) groups is 2. The second-order valence-corrected chi connectivity index (χ2v) is 5.60. The van der Waals surface area contributed by atoms with E-state index in [1.54, 1.807) is 11.6 Å². The third-order valence-electron chi connectivity index (χ3n) is 3.05. The Kier molecular flexibility index (Phi) is 5.06. The van der Waals surface area contributed by atoms with E-state index in [1.807, 2.05) is 0 Å². The van der Waals surface area contributed by atoms with Gasteiger partial charge in [0.2, 0.25) is 11.8 Å². The number of rotatable bonds is 5. The van der Waals surface area contributed by atoms with Gasteiger partial charge in [0.25, 0.3) is 5.56 Å². The molecule has 2 amide bonds. The van der Waals surface area contributed by atoms with Crippen LogP contribution in [0.4, 0.5) is 10.9 Å². The molecule has 0 saturated heterocycles. The van der Waals surface area contributed by atoms with Gasteiger partial charge in [-0.1, -0.05) is 0 Å². The molecule has 0 unspecified atom stereocenters. The average Bonchev–Trinajstić information content (AvgIpc) is 3.01. The standard InChI is InChI=1S/C13H15N5O4S/c1-17-8(7-11(21)18(2)13(17)22)15-9(19)3-4-10(20)16-12-14-5-6-23-12/h5-7H,3-4H2,1-2H3,(H,15,19)(H,14,16,20). The summed E-state index contributed by atoms with van der Waals surface area (Å²) in [6.45, 7) is 0. The molecule has 0 atom stereocenters. The van der Waals surface area contributed by atoms with E-state index in [1.165, 1.54) is 25.4 Å². The SMILES string of the molecule is Cn1c(NC(=O)CCC(=O)Nc2nccs2)cc(=O)n(C)c1=O. The quantitative estimate of drug-likeness (QED) is 0.790. The highest BCUT2D eigenvalue weighted by atomic mass is 32.1. The van der Waals surface area contributed by atoms with Gasteiger partial charge in [0, 0.05) is 44.6 Å². The summed E-state index contributed by atoms with van der Waals surface area (Å²) in [5.74, 6) is -0.723. The Bertz CT molecular complexity index is 837. The van der Waals surface area contributed by atoms with E-state index < -0.39 is 17.2 Å². The molecular formula is C13H15N5O4S. The summed E-state index contributed by atoms with van der Waals surface area (Å²) in [7, 11) is 2.78. The first-order chi connectivity index (χ1) is 10.9. The molecule has 0 bridgehead atoms. The van der Waals surface area contributed by atoms with Gasteiger partial charge in [-0.05, 0) is 0 Å². The predicted molar refractivity (Wildman–Crippen MR) is 85.5 cm³/mol. The summed E-state index contributed by atoms with van der Waals surface area (Å²) in [6.07, 6.45) is 1.44. The molecule has 10 heteroatoms. The van der Waals surface area contributed by atoms with Crippen molar-refractivity contribution in [3.63, 3.8) is 0 Å². The largest absolute Gasteiger partial charge is 0.332 e. The second-order valence-electron chi connectivity index (χ2n) is 4.70. The molecule has 2 aromatic heterocycles. The number of thiazole rings is 1. The summed E-state index contributed by atoms with van der Waals surface area (Å²) >= 11 is 1.28. The fraction of sp³-hybridized carbons (Fsp3) is 0.308. The van der Waals surface area contributed by atoms with Crippen LogP contribution in [-0.2, 0) is 23.7 Å². The molecule has 0 aliphatic heterocycles. The van der Waals surface area contributed by atoms with Crippen LogP contribution in [0.15, 0.2) is 27.2 Å². The van der Waals surface area contributed by atoms with Gasteiger partial charge in [-0.25, -0.2) is 9.78 Å².